The van der Waals surface area contributed by atoms with E-state index in [2.05, 4.69) is 54.5 Å². The van der Waals surface area contributed by atoms with Gasteiger partial charge in [0, 0.05) is 5.41 Å². The summed E-state index contributed by atoms with van der Waals surface area (Å²) >= 11 is 0. The number of aliphatic hydroxyl groups excluding tert-OH is 2. The van der Waals surface area contributed by atoms with Gasteiger partial charge in [-0.25, -0.2) is 0 Å². The van der Waals surface area contributed by atoms with Gasteiger partial charge in [0.15, 0.2) is 0 Å². The molecule has 5 rings (SSSR count). The Hall–Kier alpha value is -0.340. The molecule has 32 heavy (non-hydrogen) atoms. The minimum absolute atomic E-state index is 0.0107. The Morgan fingerprint density at radius 1 is 0.844 bits per heavy atom. The molecule has 0 aromatic heterocycles. The fourth-order valence-electron chi connectivity index (χ4n) is 10.7. The SMILES string of the molecule is CC1(C)CC[C@]2(C)CC[C@]3(CO)C(=CC[C@@H]4[C@@]5(C)CC[C@H](O)C(C)(C)C5CC[C@]43C)[C@H]2C1. The molecule has 0 heterocycles. The molecule has 4 fully saturated rings. The maximum absolute atomic E-state index is 11.2. The molecular formula is C30H50O2. The summed E-state index contributed by atoms with van der Waals surface area (Å²) in [5.41, 5.74) is 2.86. The zero-order valence-electron chi connectivity index (χ0n) is 22.1. The molecule has 0 saturated heterocycles. The second-order valence-electron chi connectivity index (χ2n) is 15.2. The average Bonchev–Trinajstić information content (AvgIpc) is 2.71. The Morgan fingerprint density at radius 2 is 1.53 bits per heavy atom. The van der Waals surface area contributed by atoms with Crippen molar-refractivity contribution in [2.45, 2.75) is 119 Å². The van der Waals surface area contributed by atoms with Crippen LogP contribution < -0.4 is 0 Å². The van der Waals surface area contributed by atoms with Crippen LogP contribution in [0.15, 0.2) is 11.6 Å². The van der Waals surface area contributed by atoms with Crippen molar-refractivity contribution in [2.24, 2.45) is 50.2 Å². The molecule has 0 aromatic rings. The molecule has 0 aromatic carbocycles. The zero-order valence-corrected chi connectivity index (χ0v) is 22.1. The van der Waals surface area contributed by atoms with E-state index in [0.29, 0.717) is 35.2 Å². The highest BCUT2D eigenvalue weighted by atomic mass is 16.3. The number of hydrogen-bond acceptors (Lipinski definition) is 2. The lowest BCUT2D eigenvalue weighted by Gasteiger charge is -2.71. The van der Waals surface area contributed by atoms with Gasteiger partial charge in [-0.15, -0.1) is 0 Å². The highest BCUT2D eigenvalue weighted by Gasteiger charge is 2.69. The van der Waals surface area contributed by atoms with Crippen LogP contribution in [0.1, 0.15) is 113 Å². The third kappa shape index (κ3) is 2.78. The Bertz CT molecular complexity index is 810. The smallest absolute Gasteiger partial charge is 0.0594 e. The lowest BCUT2D eigenvalue weighted by atomic mass is 9.33. The molecule has 1 unspecified atom stereocenters. The van der Waals surface area contributed by atoms with Gasteiger partial charge in [-0.05, 0) is 109 Å². The summed E-state index contributed by atoms with van der Waals surface area (Å²) in [5.74, 6) is 1.82. The van der Waals surface area contributed by atoms with Crippen molar-refractivity contribution in [3.05, 3.63) is 11.6 Å². The van der Waals surface area contributed by atoms with E-state index in [9.17, 15) is 10.2 Å². The molecule has 0 spiro atoms. The highest BCUT2D eigenvalue weighted by Crippen LogP contribution is 2.75. The number of allylic oxidation sites excluding steroid dienone is 1. The second kappa shape index (κ2) is 6.87. The van der Waals surface area contributed by atoms with Crippen molar-refractivity contribution in [3.63, 3.8) is 0 Å². The Balaban J connectivity index is 1.60. The van der Waals surface area contributed by atoms with Crippen LogP contribution >= 0.6 is 0 Å². The van der Waals surface area contributed by atoms with Gasteiger partial charge in [0.1, 0.15) is 0 Å². The first-order valence-corrected chi connectivity index (χ1v) is 13.8. The van der Waals surface area contributed by atoms with Crippen LogP contribution in [0.3, 0.4) is 0 Å². The molecule has 8 atom stereocenters. The molecule has 182 valence electrons. The van der Waals surface area contributed by atoms with E-state index < -0.39 is 0 Å². The third-order valence-corrected chi connectivity index (χ3v) is 13.0. The number of rotatable bonds is 1. The lowest BCUT2D eigenvalue weighted by molar-refractivity contribution is -0.212. The average molecular weight is 443 g/mol. The first-order valence-electron chi connectivity index (χ1n) is 13.8. The Morgan fingerprint density at radius 3 is 2.22 bits per heavy atom. The Kier molecular flexibility index (Phi) is 5.02. The molecule has 2 nitrogen and oxygen atoms in total. The third-order valence-electron chi connectivity index (χ3n) is 13.0. The fraction of sp³-hybridized carbons (Fsp3) is 0.933. The van der Waals surface area contributed by atoms with Crippen molar-refractivity contribution in [2.75, 3.05) is 6.61 Å². The molecule has 2 heteroatoms. The van der Waals surface area contributed by atoms with Crippen molar-refractivity contribution < 1.29 is 10.2 Å². The van der Waals surface area contributed by atoms with Crippen molar-refractivity contribution in [3.8, 4) is 0 Å². The van der Waals surface area contributed by atoms with Gasteiger partial charge in [0.05, 0.1) is 12.7 Å². The molecule has 2 N–H and O–H groups in total. The lowest BCUT2D eigenvalue weighted by Crippen LogP contribution is -2.65. The predicted octanol–water partition coefficient (Wildman–Crippen LogP) is 7.14. The summed E-state index contributed by atoms with van der Waals surface area (Å²) in [4.78, 5) is 0. The number of fused-ring (bicyclic) bond motifs is 7. The minimum atomic E-state index is -0.175. The standard InChI is InChI=1S/C30H50O2/c1-25(2)14-15-27(5)16-17-30(19-31)20(21(27)18-25)8-9-23-28(6)12-11-24(32)26(3,4)22(28)10-13-29(23,30)7/h8,21-24,31-32H,9-19H2,1-7H3/t21-,22?,23-,24+,27-,28+,29-,30+/m1/s1. The minimum Gasteiger partial charge on any atom is -0.395 e. The van der Waals surface area contributed by atoms with Crippen molar-refractivity contribution in [1.29, 1.82) is 0 Å². The van der Waals surface area contributed by atoms with Gasteiger partial charge in [0.2, 0.25) is 0 Å². The van der Waals surface area contributed by atoms with Gasteiger partial charge < -0.3 is 10.2 Å². The number of hydrogen-bond donors (Lipinski definition) is 2. The summed E-state index contributed by atoms with van der Waals surface area (Å²) in [6.07, 6.45) is 14.6. The fourth-order valence-corrected chi connectivity index (χ4v) is 10.7. The number of aliphatic hydroxyl groups is 2. The van der Waals surface area contributed by atoms with E-state index in [1.54, 1.807) is 5.57 Å². The van der Waals surface area contributed by atoms with Gasteiger partial charge >= 0.3 is 0 Å². The van der Waals surface area contributed by atoms with Crippen LogP contribution in [0.25, 0.3) is 0 Å². The molecule has 0 radical (unpaired) electrons. The van der Waals surface area contributed by atoms with Crippen LogP contribution in [-0.2, 0) is 0 Å². The summed E-state index contributed by atoms with van der Waals surface area (Å²) in [6.45, 7) is 17.6. The van der Waals surface area contributed by atoms with Crippen LogP contribution in [0.4, 0.5) is 0 Å². The maximum Gasteiger partial charge on any atom is 0.0594 e. The van der Waals surface area contributed by atoms with E-state index in [1.165, 1.54) is 51.4 Å². The van der Waals surface area contributed by atoms with Crippen molar-refractivity contribution in [1.82, 2.24) is 0 Å². The van der Waals surface area contributed by atoms with E-state index in [0.717, 1.165) is 12.8 Å². The first-order chi connectivity index (χ1) is 14.8. The van der Waals surface area contributed by atoms with E-state index in [1.807, 2.05) is 0 Å². The first kappa shape index (κ1) is 23.4. The summed E-state index contributed by atoms with van der Waals surface area (Å²) in [5, 5.41) is 22.1. The molecule has 5 aliphatic carbocycles. The van der Waals surface area contributed by atoms with Crippen LogP contribution in [-0.4, -0.2) is 22.9 Å². The van der Waals surface area contributed by atoms with Crippen LogP contribution in [0.2, 0.25) is 0 Å². The monoisotopic (exact) mass is 442 g/mol. The summed E-state index contributed by atoms with van der Waals surface area (Å²) < 4.78 is 0. The van der Waals surface area contributed by atoms with Gasteiger partial charge in [-0.3, -0.25) is 0 Å². The second-order valence-corrected chi connectivity index (χ2v) is 15.2. The molecule has 0 aliphatic heterocycles. The normalized spacial score (nSPS) is 53.8. The van der Waals surface area contributed by atoms with Gasteiger partial charge in [-0.1, -0.05) is 60.1 Å². The van der Waals surface area contributed by atoms with Crippen LogP contribution in [0, 0.1) is 50.2 Å². The maximum atomic E-state index is 11.2. The summed E-state index contributed by atoms with van der Waals surface area (Å²) in [6, 6.07) is 0. The van der Waals surface area contributed by atoms with Crippen molar-refractivity contribution >= 4 is 0 Å². The molecule has 0 bridgehead atoms. The van der Waals surface area contributed by atoms with Gasteiger partial charge in [-0.2, -0.15) is 0 Å². The predicted molar refractivity (Wildman–Crippen MR) is 132 cm³/mol. The Labute approximate surface area is 197 Å². The van der Waals surface area contributed by atoms with E-state index in [4.69, 9.17) is 0 Å². The van der Waals surface area contributed by atoms with Gasteiger partial charge in [0.25, 0.3) is 0 Å². The van der Waals surface area contributed by atoms with Crippen LogP contribution in [0.5, 0.6) is 0 Å². The summed E-state index contributed by atoms with van der Waals surface area (Å²) in [7, 11) is 0. The quantitative estimate of drug-likeness (QED) is 0.424. The molecule has 4 saturated carbocycles. The van der Waals surface area contributed by atoms with E-state index in [-0.39, 0.29) is 27.8 Å². The zero-order chi connectivity index (χ0) is 23.4. The van der Waals surface area contributed by atoms with E-state index >= 15 is 0 Å². The molecular weight excluding hydrogens is 392 g/mol. The largest absolute Gasteiger partial charge is 0.395 e. The topological polar surface area (TPSA) is 40.5 Å². The molecule has 0 amide bonds. The highest BCUT2D eigenvalue weighted by molar-refractivity contribution is 5.34. The molecule has 5 aliphatic rings.